The Labute approximate surface area is 130 Å². The first kappa shape index (κ1) is 16.4. The molecule has 116 valence electrons. The number of carboxylic acids is 1. The number of rotatable bonds is 5. The molecule has 1 aliphatic rings. The summed E-state index contributed by atoms with van der Waals surface area (Å²) in [5.74, 6) is -2.76. The van der Waals surface area contributed by atoms with E-state index in [2.05, 4.69) is 20.7 Å². The van der Waals surface area contributed by atoms with Crippen molar-refractivity contribution in [3.05, 3.63) is 28.0 Å². The van der Waals surface area contributed by atoms with Crippen molar-refractivity contribution in [3.8, 4) is 0 Å². The molecule has 0 aromatic heterocycles. The van der Waals surface area contributed by atoms with Gasteiger partial charge in [0.15, 0.2) is 5.82 Å². The van der Waals surface area contributed by atoms with Crippen LogP contribution in [0, 0.1) is 5.82 Å². The van der Waals surface area contributed by atoms with Gasteiger partial charge in [0.25, 0.3) is 0 Å². The van der Waals surface area contributed by atoms with Crippen LogP contribution in [0.15, 0.2) is 21.5 Å². The number of carboxylic acid groups (broad SMARTS) is 1. The van der Waals surface area contributed by atoms with Gasteiger partial charge in [-0.3, -0.25) is 0 Å². The highest BCUT2D eigenvalue weighted by molar-refractivity contribution is 9.10. The Morgan fingerprint density at radius 3 is 2.52 bits per heavy atom. The van der Waals surface area contributed by atoms with Crippen molar-refractivity contribution in [2.45, 2.75) is 43.0 Å². The topological polar surface area (TPSA) is 83.5 Å². The number of hydrogen-bond donors (Lipinski definition) is 2. The number of benzene rings is 1. The molecular weight excluding hydrogens is 365 g/mol. The van der Waals surface area contributed by atoms with E-state index in [-0.39, 0.29) is 4.47 Å². The van der Waals surface area contributed by atoms with E-state index in [0.717, 1.165) is 18.6 Å². The van der Waals surface area contributed by atoms with Crippen molar-refractivity contribution >= 4 is 31.9 Å². The Hall–Kier alpha value is -0.990. The molecule has 1 aliphatic carbocycles. The van der Waals surface area contributed by atoms with Crippen LogP contribution in [0.3, 0.4) is 0 Å². The van der Waals surface area contributed by atoms with E-state index in [4.69, 9.17) is 5.11 Å². The number of nitrogens with one attached hydrogen (secondary N) is 1. The first-order chi connectivity index (χ1) is 9.71. The Bertz CT molecular complexity index is 680. The van der Waals surface area contributed by atoms with Crippen LogP contribution < -0.4 is 4.72 Å². The second kappa shape index (κ2) is 5.66. The molecular formula is C13H15BrFNO4S. The number of sulfonamides is 1. The molecule has 0 atom stereocenters. The largest absolute Gasteiger partial charge is 0.478 e. The van der Waals surface area contributed by atoms with Gasteiger partial charge in [-0.15, -0.1) is 0 Å². The monoisotopic (exact) mass is 379 g/mol. The van der Waals surface area contributed by atoms with E-state index >= 15 is 0 Å². The number of hydrogen-bond acceptors (Lipinski definition) is 3. The van der Waals surface area contributed by atoms with Gasteiger partial charge in [-0.1, -0.05) is 22.9 Å². The molecule has 2 rings (SSSR count). The van der Waals surface area contributed by atoms with Crippen LogP contribution in [0.2, 0.25) is 0 Å². The molecule has 0 radical (unpaired) electrons. The molecule has 0 aliphatic heterocycles. The summed E-state index contributed by atoms with van der Waals surface area (Å²) in [7, 11) is -4.12. The maximum absolute atomic E-state index is 14.2. The van der Waals surface area contributed by atoms with Crippen molar-refractivity contribution in [3.63, 3.8) is 0 Å². The zero-order valence-corrected chi connectivity index (χ0v) is 13.7. The molecule has 0 amide bonds. The first-order valence-corrected chi connectivity index (χ1v) is 8.75. The smallest absolute Gasteiger partial charge is 0.338 e. The average molecular weight is 380 g/mol. The van der Waals surface area contributed by atoms with E-state index in [1.165, 1.54) is 0 Å². The number of carbonyl (C=O) groups is 1. The number of aromatic carboxylic acids is 1. The van der Waals surface area contributed by atoms with Gasteiger partial charge in [0.2, 0.25) is 10.0 Å². The third-order valence-corrected chi connectivity index (χ3v) is 5.90. The highest BCUT2D eigenvalue weighted by atomic mass is 79.9. The molecule has 1 aromatic carbocycles. The lowest BCUT2D eigenvalue weighted by molar-refractivity contribution is 0.0691. The van der Waals surface area contributed by atoms with E-state index < -0.39 is 37.8 Å². The maximum atomic E-state index is 14.2. The van der Waals surface area contributed by atoms with Gasteiger partial charge in [0.05, 0.1) is 5.56 Å². The molecule has 1 aromatic rings. The third-order valence-electron chi connectivity index (χ3n) is 3.86. The Kier molecular flexibility index (Phi) is 4.41. The highest BCUT2D eigenvalue weighted by Gasteiger charge is 2.40. The van der Waals surface area contributed by atoms with Gasteiger partial charge >= 0.3 is 5.97 Å². The summed E-state index contributed by atoms with van der Waals surface area (Å²) < 4.78 is 41.7. The van der Waals surface area contributed by atoms with Crippen LogP contribution in [0.5, 0.6) is 0 Å². The SMILES string of the molecule is CCC1(NS(=O)(=O)c2cc(Br)cc(C(=O)O)c2F)CCC1. The second-order valence-corrected chi connectivity index (χ2v) is 7.73. The fourth-order valence-corrected chi connectivity index (χ4v) is 4.65. The number of halogens is 2. The molecule has 0 saturated heterocycles. The molecule has 5 nitrogen and oxygen atoms in total. The Balaban J connectivity index is 2.47. The van der Waals surface area contributed by atoms with Gasteiger partial charge in [0, 0.05) is 10.0 Å². The lowest BCUT2D eigenvalue weighted by Gasteiger charge is -2.41. The molecule has 1 fully saturated rings. The van der Waals surface area contributed by atoms with Gasteiger partial charge in [-0.25, -0.2) is 22.3 Å². The van der Waals surface area contributed by atoms with Gasteiger partial charge in [-0.2, -0.15) is 0 Å². The van der Waals surface area contributed by atoms with Crippen LogP contribution >= 0.6 is 15.9 Å². The van der Waals surface area contributed by atoms with E-state index in [1.54, 1.807) is 0 Å². The molecule has 0 spiro atoms. The Morgan fingerprint density at radius 1 is 1.48 bits per heavy atom. The third kappa shape index (κ3) is 3.12. The molecule has 0 heterocycles. The first-order valence-electron chi connectivity index (χ1n) is 6.47. The van der Waals surface area contributed by atoms with Crippen molar-refractivity contribution in [2.24, 2.45) is 0 Å². The molecule has 0 bridgehead atoms. The highest BCUT2D eigenvalue weighted by Crippen LogP contribution is 2.36. The van der Waals surface area contributed by atoms with Gasteiger partial charge in [-0.05, 0) is 37.8 Å². The molecule has 0 unspecified atom stereocenters. The molecule has 2 N–H and O–H groups in total. The zero-order valence-electron chi connectivity index (χ0n) is 11.3. The molecule has 1 saturated carbocycles. The molecule has 21 heavy (non-hydrogen) atoms. The van der Waals surface area contributed by atoms with Crippen LogP contribution in [0.25, 0.3) is 0 Å². The van der Waals surface area contributed by atoms with Crippen molar-refractivity contribution in [1.82, 2.24) is 4.72 Å². The van der Waals surface area contributed by atoms with Crippen molar-refractivity contribution < 1.29 is 22.7 Å². The zero-order chi connectivity index (χ0) is 15.8. The van der Waals surface area contributed by atoms with Gasteiger partial charge < -0.3 is 5.11 Å². The maximum Gasteiger partial charge on any atom is 0.338 e. The van der Waals surface area contributed by atoms with Crippen LogP contribution in [0.1, 0.15) is 43.0 Å². The predicted molar refractivity (Wildman–Crippen MR) is 78.3 cm³/mol. The average Bonchev–Trinajstić information content (AvgIpc) is 2.35. The van der Waals surface area contributed by atoms with E-state index in [1.807, 2.05) is 6.92 Å². The second-order valence-electron chi connectivity index (χ2n) is 5.16. The quantitative estimate of drug-likeness (QED) is 0.823. The summed E-state index contributed by atoms with van der Waals surface area (Å²) in [4.78, 5) is 10.3. The fraction of sp³-hybridized carbons (Fsp3) is 0.462. The summed E-state index contributed by atoms with van der Waals surface area (Å²) in [6, 6.07) is 2.11. The standard InChI is InChI=1S/C13H15BrFNO4S/c1-2-13(4-3-5-13)16-21(19,20)10-7-8(14)6-9(11(10)15)12(17)18/h6-7,16H,2-5H2,1H3,(H,17,18). The summed E-state index contributed by atoms with van der Waals surface area (Å²) in [5, 5.41) is 8.94. The Morgan fingerprint density at radius 2 is 2.10 bits per heavy atom. The lowest BCUT2D eigenvalue weighted by atomic mass is 9.76. The summed E-state index contributed by atoms with van der Waals surface area (Å²) in [5.41, 5.74) is -1.22. The molecule has 8 heteroatoms. The predicted octanol–water partition coefficient (Wildman–Crippen LogP) is 2.90. The minimum Gasteiger partial charge on any atom is -0.478 e. The summed E-state index contributed by atoms with van der Waals surface area (Å²) in [6.45, 7) is 1.86. The van der Waals surface area contributed by atoms with Crippen LogP contribution in [0.4, 0.5) is 4.39 Å². The van der Waals surface area contributed by atoms with Crippen LogP contribution in [-0.4, -0.2) is 25.0 Å². The van der Waals surface area contributed by atoms with E-state index in [9.17, 15) is 17.6 Å². The van der Waals surface area contributed by atoms with E-state index in [0.29, 0.717) is 19.3 Å². The van der Waals surface area contributed by atoms with Crippen molar-refractivity contribution in [2.75, 3.05) is 0 Å². The van der Waals surface area contributed by atoms with Gasteiger partial charge in [0.1, 0.15) is 4.90 Å². The summed E-state index contributed by atoms with van der Waals surface area (Å²) in [6.07, 6.45) is 2.92. The van der Waals surface area contributed by atoms with Crippen LogP contribution in [-0.2, 0) is 10.0 Å². The lowest BCUT2D eigenvalue weighted by Crippen LogP contribution is -2.52. The van der Waals surface area contributed by atoms with Crippen molar-refractivity contribution in [1.29, 1.82) is 0 Å². The minimum absolute atomic E-state index is 0.195. The minimum atomic E-state index is -4.12. The fourth-order valence-electron chi connectivity index (χ4n) is 2.39. The normalized spacial score (nSPS) is 17.3. The summed E-state index contributed by atoms with van der Waals surface area (Å²) >= 11 is 3.01.